The van der Waals surface area contributed by atoms with Crippen LogP contribution < -0.4 is 9.47 Å². The Hall–Kier alpha value is -5.09. The highest BCUT2D eigenvalue weighted by Gasteiger charge is 2.33. The second-order valence-corrected chi connectivity index (χ2v) is 10.1. The van der Waals surface area contributed by atoms with Crippen LogP contribution in [0, 0.1) is 6.92 Å². The molecular formula is C30H23N3O6S. The molecule has 200 valence electrons. The van der Waals surface area contributed by atoms with Crippen molar-refractivity contribution in [2.45, 2.75) is 13.5 Å². The molecule has 3 aromatic heterocycles. The lowest BCUT2D eigenvalue weighted by molar-refractivity contribution is 0.101. The number of methoxy groups -OCH3 is 1. The van der Waals surface area contributed by atoms with E-state index in [1.165, 1.54) is 23.0 Å². The third-order valence-corrected chi connectivity index (χ3v) is 7.20. The first-order valence-electron chi connectivity index (χ1n) is 12.3. The molecule has 0 fully saturated rings. The van der Waals surface area contributed by atoms with Crippen LogP contribution in [0.1, 0.15) is 26.7 Å². The summed E-state index contributed by atoms with van der Waals surface area (Å²) < 4.78 is 18.7. The summed E-state index contributed by atoms with van der Waals surface area (Å²) in [7, 11) is 1.51. The molecule has 0 saturated heterocycles. The van der Waals surface area contributed by atoms with Crippen LogP contribution in [-0.2, 0) is 6.61 Å². The molecule has 6 rings (SSSR count). The van der Waals surface area contributed by atoms with Crippen LogP contribution in [0.4, 0.5) is 0 Å². The fourth-order valence-corrected chi connectivity index (χ4v) is 5.18. The Bertz CT molecular complexity index is 1820. The average Bonchev–Trinajstić information content (AvgIpc) is 3.68. The van der Waals surface area contributed by atoms with E-state index in [2.05, 4.69) is 10.2 Å². The fraction of sp³-hybridized carbons (Fsp3) is 0.100. The van der Waals surface area contributed by atoms with Crippen LogP contribution in [0.5, 0.6) is 23.1 Å². The number of hydrogen-bond acceptors (Lipinski definition) is 9. The number of hydrogen-bond donors (Lipinski definition) is 2. The van der Waals surface area contributed by atoms with Gasteiger partial charge in [0.15, 0.2) is 23.0 Å². The molecule has 2 N–H and O–H groups in total. The number of para-hydroxylation sites is 1. The molecule has 10 heteroatoms. The predicted molar refractivity (Wildman–Crippen MR) is 150 cm³/mol. The van der Waals surface area contributed by atoms with Crippen LogP contribution in [0.15, 0.2) is 83.3 Å². The number of carbonyl (C=O) groups is 1. The van der Waals surface area contributed by atoms with E-state index in [1.807, 2.05) is 42.5 Å². The molecule has 0 spiro atoms. The van der Waals surface area contributed by atoms with Gasteiger partial charge in [0.1, 0.15) is 17.2 Å². The third kappa shape index (κ3) is 4.44. The van der Waals surface area contributed by atoms with Crippen LogP contribution in [-0.4, -0.2) is 37.9 Å². The lowest BCUT2D eigenvalue weighted by Gasteiger charge is -2.14. The van der Waals surface area contributed by atoms with Gasteiger partial charge >= 0.3 is 0 Å². The molecule has 0 aliphatic carbocycles. The van der Waals surface area contributed by atoms with E-state index in [0.717, 1.165) is 10.9 Å². The van der Waals surface area contributed by atoms with Crippen LogP contribution in [0.3, 0.4) is 0 Å². The molecule has 9 nitrogen and oxygen atoms in total. The number of benzene rings is 3. The highest BCUT2D eigenvalue weighted by Crippen LogP contribution is 2.46. The van der Waals surface area contributed by atoms with Gasteiger partial charge in [-0.05, 0) is 42.8 Å². The maximum absolute atomic E-state index is 13.8. The first-order chi connectivity index (χ1) is 19.4. The Morgan fingerprint density at radius 2 is 1.75 bits per heavy atom. The van der Waals surface area contributed by atoms with Gasteiger partial charge in [-0.25, -0.2) is 0 Å². The monoisotopic (exact) mass is 553 g/mol. The molecule has 0 aliphatic rings. The number of aryl methyl sites for hydroxylation is 1. The Balaban J connectivity index is 1.49. The van der Waals surface area contributed by atoms with Gasteiger partial charge in [0, 0.05) is 10.9 Å². The summed E-state index contributed by atoms with van der Waals surface area (Å²) in [6.45, 7) is 2.10. The number of furan rings is 1. The maximum atomic E-state index is 13.8. The minimum absolute atomic E-state index is 0.0122. The zero-order valence-electron chi connectivity index (χ0n) is 21.5. The molecule has 0 amide bonds. The van der Waals surface area contributed by atoms with Crippen molar-refractivity contribution in [1.29, 1.82) is 0 Å². The number of nitrogens with zero attached hydrogens (tertiary/aromatic N) is 3. The SMILES string of the molecule is COc1cc(-c2c(C(=O)c3cc4ccccc4o3)c(O)c(O)n2-c2nnc(C)s2)ccc1OCc1ccccc1. The zero-order chi connectivity index (χ0) is 27.8. The Morgan fingerprint density at radius 1 is 0.975 bits per heavy atom. The number of aromatic hydroxyl groups is 2. The summed E-state index contributed by atoms with van der Waals surface area (Å²) >= 11 is 1.20. The van der Waals surface area contributed by atoms with E-state index in [4.69, 9.17) is 13.9 Å². The first kappa shape index (κ1) is 25.2. The summed E-state index contributed by atoms with van der Waals surface area (Å²) in [6, 6.07) is 23.6. The molecule has 3 heterocycles. The maximum Gasteiger partial charge on any atom is 0.242 e. The average molecular weight is 554 g/mol. The number of aromatic nitrogens is 3. The van der Waals surface area contributed by atoms with Crippen molar-refractivity contribution in [3.63, 3.8) is 0 Å². The van der Waals surface area contributed by atoms with Crippen molar-refractivity contribution in [1.82, 2.24) is 14.8 Å². The molecule has 0 saturated carbocycles. The normalized spacial score (nSPS) is 11.2. The molecule has 0 aliphatic heterocycles. The summed E-state index contributed by atoms with van der Waals surface area (Å²) in [5, 5.41) is 32.0. The van der Waals surface area contributed by atoms with Gasteiger partial charge in [0.2, 0.25) is 16.8 Å². The van der Waals surface area contributed by atoms with Crippen molar-refractivity contribution in [3.05, 3.63) is 101 Å². The summed E-state index contributed by atoms with van der Waals surface area (Å²) in [4.78, 5) is 13.8. The summed E-state index contributed by atoms with van der Waals surface area (Å²) in [5.74, 6) is -0.861. The van der Waals surface area contributed by atoms with Crippen molar-refractivity contribution in [2.75, 3.05) is 7.11 Å². The van der Waals surface area contributed by atoms with Gasteiger partial charge < -0.3 is 24.1 Å². The van der Waals surface area contributed by atoms with E-state index in [0.29, 0.717) is 34.3 Å². The first-order valence-corrected chi connectivity index (χ1v) is 13.1. The van der Waals surface area contributed by atoms with Crippen molar-refractivity contribution >= 4 is 28.1 Å². The van der Waals surface area contributed by atoms with Gasteiger partial charge in [-0.2, -0.15) is 0 Å². The Morgan fingerprint density at radius 3 is 2.48 bits per heavy atom. The summed E-state index contributed by atoms with van der Waals surface area (Å²) in [6.07, 6.45) is 0. The zero-order valence-corrected chi connectivity index (χ0v) is 22.3. The molecule has 3 aromatic carbocycles. The number of fused-ring (bicyclic) bond motifs is 1. The third-order valence-electron chi connectivity index (χ3n) is 6.38. The van der Waals surface area contributed by atoms with Gasteiger partial charge in [-0.15, -0.1) is 10.2 Å². The number of ketones is 1. The molecule has 0 unspecified atom stereocenters. The lowest BCUT2D eigenvalue weighted by atomic mass is 10.0. The standard InChI is InChI=1S/C30H23N3O6S/c1-17-31-32-30(40-17)33-26(20-12-13-22(23(15-20)37-2)38-16-18-8-4-3-5-9-18)25(28(35)29(33)36)27(34)24-14-19-10-6-7-11-21(19)39-24/h3-15,35-36H,16H2,1-2H3. The van der Waals surface area contributed by atoms with E-state index >= 15 is 0 Å². The fourth-order valence-electron chi connectivity index (χ4n) is 4.49. The van der Waals surface area contributed by atoms with Crippen molar-refractivity contribution in [2.24, 2.45) is 0 Å². The van der Waals surface area contributed by atoms with Crippen molar-refractivity contribution < 1.29 is 28.9 Å². The molecule has 0 bridgehead atoms. The van der Waals surface area contributed by atoms with E-state index < -0.39 is 17.4 Å². The molecule has 0 radical (unpaired) electrons. The van der Waals surface area contributed by atoms with Crippen LogP contribution in [0.25, 0.3) is 27.4 Å². The minimum Gasteiger partial charge on any atom is -0.503 e. The Kier molecular flexibility index (Phi) is 6.45. The lowest BCUT2D eigenvalue weighted by Crippen LogP contribution is -2.04. The van der Waals surface area contributed by atoms with Crippen molar-refractivity contribution in [3.8, 4) is 39.5 Å². The topological polar surface area (TPSA) is 120 Å². The summed E-state index contributed by atoms with van der Waals surface area (Å²) in [5.41, 5.74) is 2.03. The number of carbonyl (C=O) groups excluding carboxylic acids is 1. The van der Waals surface area contributed by atoms with Gasteiger partial charge in [-0.1, -0.05) is 59.9 Å². The van der Waals surface area contributed by atoms with E-state index in [1.54, 1.807) is 43.3 Å². The van der Waals surface area contributed by atoms with Crippen LogP contribution >= 0.6 is 11.3 Å². The van der Waals surface area contributed by atoms with Crippen LogP contribution in [0.2, 0.25) is 0 Å². The Labute approximate surface area is 232 Å². The molecule has 0 atom stereocenters. The second kappa shape index (κ2) is 10.2. The van der Waals surface area contributed by atoms with Gasteiger partial charge in [0.05, 0.1) is 18.4 Å². The largest absolute Gasteiger partial charge is 0.503 e. The predicted octanol–water partition coefficient (Wildman–Crippen LogP) is 6.28. The second-order valence-electron chi connectivity index (χ2n) is 8.95. The molecule has 40 heavy (non-hydrogen) atoms. The highest BCUT2D eigenvalue weighted by atomic mass is 32.1. The smallest absolute Gasteiger partial charge is 0.242 e. The number of ether oxygens (including phenoxy) is 2. The minimum atomic E-state index is -0.609. The quantitative estimate of drug-likeness (QED) is 0.211. The van der Waals surface area contributed by atoms with Gasteiger partial charge in [0.25, 0.3) is 0 Å². The van der Waals surface area contributed by atoms with E-state index in [-0.39, 0.29) is 22.1 Å². The molecular weight excluding hydrogens is 530 g/mol. The molecule has 6 aromatic rings. The van der Waals surface area contributed by atoms with E-state index in [9.17, 15) is 15.0 Å². The van der Waals surface area contributed by atoms with Gasteiger partial charge in [-0.3, -0.25) is 9.36 Å². The highest BCUT2D eigenvalue weighted by molar-refractivity contribution is 7.13. The number of rotatable bonds is 8.